The number of methoxy groups -OCH3 is 1. The Morgan fingerprint density at radius 3 is 2.08 bits per heavy atom. The molecule has 0 bridgehead atoms. The molecule has 0 aliphatic carbocycles. The minimum Gasteiger partial charge on any atom is -0.493 e. The summed E-state index contributed by atoms with van der Waals surface area (Å²) in [6.45, 7) is 21.5. The third-order valence-electron chi connectivity index (χ3n) is 9.14. The molecule has 7 atom stereocenters. The van der Waals surface area contributed by atoms with Crippen LogP contribution in [0, 0.1) is 13.8 Å². The van der Waals surface area contributed by atoms with Gasteiger partial charge in [-0.2, -0.15) is 0 Å². The Labute approximate surface area is 369 Å². The summed E-state index contributed by atoms with van der Waals surface area (Å²) in [6.07, 6.45) is -3.38. The van der Waals surface area contributed by atoms with E-state index < -0.39 is 96.0 Å². The highest BCUT2D eigenvalue weighted by Crippen LogP contribution is 2.38. The van der Waals surface area contributed by atoms with E-state index in [-0.39, 0.29) is 38.2 Å². The van der Waals surface area contributed by atoms with Crippen LogP contribution in [0.4, 0.5) is 4.79 Å². The lowest BCUT2D eigenvalue weighted by molar-refractivity contribution is -0.239. The van der Waals surface area contributed by atoms with Gasteiger partial charge in [0.05, 0.1) is 52.2 Å². The van der Waals surface area contributed by atoms with Gasteiger partial charge in [0, 0.05) is 59.1 Å². The maximum absolute atomic E-state index is 13.7. The zero-order valence-electron chi connectivity index (χ0n) is 38.1. The van der Waals surface area contributed by atoms with Gasteiger partial charge in [-0.25, -0.2) is 9.59 Å². The van der Waals surface area contributed by atoms with E-state index in [2.05, 4.69) is 29.1 Å². The van der Waals surface area contributed by atoms with Gasteiger partial charge in [0.2, 0.25) is 5.91 Å². The van der Waals surface area contributed by atoms with Crippen molar-refractivity contribution in [2.45, 2.75) is 129 Å². The van der Waals surface area contributed by atoms with Crippen LogP contribution >= 0.6 is 0 Å². The van der Waals surface area contributed by atoms with Crippen molar-refractivity contribution in [2.75, 3.05) is 46.7 Å². The number of esters is 4. The third-order valence-corrected chi connectivity index (χ3v) is 9.14. The van der Waals surface area contributed by atoms with Gasteiger partial charge in [0.15, 0.2) is 17.8 Å². The van der Waals surface area contributed by atoms with Crippen LogP contribution in [0.15, 0.2) is 37.4 Å². The molecule has 1 aromatic rings. The van der Waals surface area contributed by atoms with Gasteiger partial charge in [-0.3, -0.25) is 24.0 Å². The number of benzene rings is 1. The molecule has 1 aliphatic heterocycles. The molecule has 1 aromatic carbocycles. The number of amides is 3. The average molecular weight is 892 g/mol. The predicted octanol–water partition coefficient (Wildman–Crippen LogP) is 3.49. The van der Waals surface area contributed by atoms with E-state index >= 15 is 0 Å². The Morgan fingerprint density at radius 2 is 1.54 bits per heavy atom. The summed E-state index contributed by atoms with van der Waals surface area (Å²) in [5.74, 6) is -3.95. The summed E-state index contributed by atoms with van der Waals surface area (Å²) in [5.41, 5.74) is -1.01. The lowest BCUT2D eigenvalue weighted by atomic mass is 9.81. The van der Waals surface area contributed by atoms with Gasteiger partial charge in [0.25, 0.3) is 5.91 Å². The van der Waals surface area contributed by atoms with Crippen molar-refractivity contribution >= 4 is 41.8 Å². The quantitative estimate of drug-likeness (QED) is 0.0583. The van der Waals surface area contributed by atoms with Gasteiger partial charge in [-0.1, -0.05) is 12.2 Å². The number of hydrogen-bond donors (Lipinski definition) is 3. The number of alkyl carbamates (subject to hydrolysis) is 1. The molecule has 2 rings (SSSR count). The Bertz CT molecular complexity index is 1750. The van der Waals surface area contributed by atoms with Gasteiger partial charge in [0.1, 0.15) is 23.6 Å². The lowest BCUT2D eigenvalue weighted by Crippen LogP contribution is -2.68. The van der Waals surface area contributed by atoms with E-state index in [0.29, 0.717) is 36.5 Å². The molecular weight excluding hydrogens is 826 g/mol. The minimum absolute atomic E-state index is 0.156. The summed E-state index contributed by atoms with van der Waals surface area (Å²) in [6, 6.07) is 1.50. The van der Waals surface area contributed by atoms with Gasteiger partial charge < -0.3 is 58.6 Å². The second kappa shape index (κ2) is 25.5. The molecule has 3 N–H and O–H groups in total. The van der Waals surface area contributed by atoms with Gasteiger partial charge in [-0.05, 0) is 57.9 Å². The van der Waals surface area contributed by atoms with E-state index in [9.17, 15) is 33.6 Å². The Kier molecular flexibility index (Phi) is 21.7. The van der Waals surface area contributed by atoms with Crippen LogP contribution in [0.5, 0.6) is 5.75 Å². The monoisotopic (exact) mass is 891 g/mol. The largest absolute Gasteiger partial charge is 0.493 e. The Balaban J connectivity index is 2.28. The fraction of sp³-hybridized carbons (Fsp3) is 0.614. The SMILES string of the molecule is C=CCOC[C@H](COCCCOc1c(C)cc(C(=O)NC[C@@H](OC(C)=O)[C@@H](OC(C)=O)[C@@H]2O[C@@](CC=C)(C(=O)OC)C[C@H](OC(C)=O)[C@H]2NC(C)=O)cc1C)NC(=O)OC(C)(C)C. The van der Waals surface area contributed by atoms with Gasteiger partial charge in [-0.15, -0.1) is 13.2 Å². The number of ether oxygens (including phenoxy) is 9. The van der Waals surface area contributed by atoms with Crippen molar-refractivity contribution in [3.63, 3.8) is 0 Å². The predicted molar refractivity (Wildman–Crippen MR) is 227 cm³/mol. The zero-order chi connectivity index (χ0) is 47.5. The maximum Gasteiger partial charge on any atom is 0.408 e. The highest BCUT2D eigenvalue weighted by Gasteiger charge is 2.57. The molecule has 19 heteroatoms. The number of hydrogen-bond acceptors (Lipinski definition) is 16. The first kappa shape index (κ1) is 53.6. The standard InChI is InChI=1S/C44H65N3O16/c1-13-16-44(41(53)55-12)22-34(59-29(6)49)36(46-28(5)48)39(62-44)38(61-31(8)51)35(60-30(7)50)23-45-40(52)32-20-26(3)37(27(4)21-32)58-19-15-18-57-25-33(24-56-17-14-2)47-42(54)63-43(9,10)11/h13-14,20-21,33-36,38-39H,1-2,15-19,22-25H2,3-12H3,(H,45,52)(H,46,48)(H,47,54)/t33-,34+,35-,36-,38-,39-,44-/m1/s1. The fourth-order valence-corrected chi connectivity index (χ4v) is 6.87. The van der Waals surface area contributed by atoms with Crippen molar-refractivity contribution in [2.24, 2.45) is 0 Å². The van der Waals surface area contributed by atoms with Gasteiger partial charge >= 0.3 is 30.0 Å². The van der Waals surface area contributed by atoms with E-state index in [1.54, 1.807) is 52.8 Å². The normalized spacial score (nSPS) is 19.7. The first-order valence-electron chi connectivity index (χ1n) is 20.5. The molecule has 1 heterocycles. The third kappa shape index (κ3) is 18.0. The van der Waals surface area contributed by atoms with Crippen LogP contribution in [0.1, 0.15) is 89.2 Å². The maximum atomic E-state index is 13.7. The highest BCUT2D eigenvalue weighted by atomic mass is 16.6. The van der Waals surface area contributed by atoms with Crippen molar-refractivity contribution < 1.29 is 76.2 Å². The van der Waals surface area contributed by atoms with Crippen molar-refractivity contribution in [3.8, 4) is 5.75 Å². The van der Waals surface area contributed by atoms with Crippen LogP contribution in [0.3, 0.4) is 0 Å². The van der Waals surface area contributed by atoms with E-state index in [1.807, 2.05) is 0 Å². The van der Waals surface area contributed by atoms with Crippen molar-refractivity contribution in [1.82, 2.24) is 16.0 Å². The van der Waals surface area contributed by atoms with Crippen molar-refractivity contribution in [1.29, 1.82) is 0 Å². The second-order valence-corrected chi connectivity index (χ2v) is 16.0. The molecule has 0 radical (unpaired) electrons. The zero-order valence-corrected chi connectivity index (χ0v) is 38.1. The summed E-state index contributed by atoms with van der Waals surface area (Å²) in [7, 11) is 1.13. The molecule has 63 heavy (non-hydrogen) atoms. The molecule has 19 nitrogen and oxygen atoms in total. The molecular formula is C44H65N3O16. The smallest absolute Gasteiger partial charge is 0.408 e. The highest BCUT2D eigenvalue weighted by molar-refractivity contribution is 5.95. The molecule has 0 spiro atoms. The van der Waals surface area contributed by atoms with Crippen LogP contribution in [-0.4, -0.2) is 136 Å². The first-order valence-corrected chi connectivity index (χ1v) is 20.5. The number of aryl methyl sites for hydroxylation is 2. The molecule has 0 aromatic heterocycles. The molecule has 0 unspecified atom stereocenters. The van der Waals surface area contributed by atoms with E-state index in [4.69, 9.17) is 42.6 Å². The summed E-state index contributed by atoms with van der Waals surface area (Å²) in [4.78, 5) is 89.4. The number of carbonyl (C=O) groups excluding carboxylic acids is 7. The number of carbonyl (C=O) groups is 7. The molecule has 0 saturated carbocycles. The summed E-state index contributed by atoms with van der Waals surface area (Å²) in [5, 5.41) is 8.13. The molecule has 1 saturated heterocycles. The molecule has 352 valence electrons. The first-order chi connectivity index (χ1) is 29.6. The fourth-order valence-electron chi connectivity index (χ4n) is 6.87. The Morgan fingerprint density at radius 1 is 0.905 bits per heavy atom. The lowest BCUT2D eigenvalue weighted by Gasteiger charge is -2.49. The topological polar surface area (TPSA) is 239 Å². The molecule has 1 aliphatic rings. The van der Waals surface area contributed by atoms with Crippen molar-refractivity contribution in [3.05, 3.63) is 54.1 Å². The van der Waals surface area contributed by atoms with E-state index in [0.717, 1.165) is 27.9 Å². The average Bonchev–Trinajstić information content (AvgIpc) is 3.16. The summed E-state index contributed by atoms with van der Waals surface area (Å²) < 4.78 is 51.0. The van der Waals surface area contributed by atoms with Crippen LogP contribution in [0.25, 0.3) is 0 Å². The Hall–Kier alpha value is -5.53. The number of rotatable bonds is 24. The molecule has 3 amide bonds. The van der Waals surface area contributed by atoms with Crippen LogP contribution in [-0.2, 0) is 61.9 Å². The van der Waals surface area contributed by atoms with E-state index in [1.165, 1.54) is 13.0 Å². The number of nitrogens with one attached hydrogen (secondary N) is 3. The minimum atomic E-state index is -1.85. The summed E-state index contributed by atoms with van der Waals surface area (Å²) >= 11 is 0. The molecule has 1 fully saturated rings. The van der Waals surface area contributed by atoms with Crippen LogP contribution < -0.4 is 20.7 Å². The second-order valence-electron chi connectivity index (χ2n) is 16.0. The van der Waals surface area contributed by atoms with Crippen LogP contribution in [0.2, 0.25) is 0 Å².